The Morgan fingerprint density at radius 2 is 2.21 bits per heavy atom. The largest absolute Gasteiger partial charge is 0.507 e. The normalized spacial score (nSPS) is 19.5. The van der Waals surface area contributed by atoms with E-state index in [4.69, 9.17) is 5.11 Å². The highest BCUT2D eigenvalue weighted by Crippen LogP contribution is 2.26. The first-order valence-electron chi connectivity index (χ1n) is 6.54. The van der Waals surface area contributed by atoms with Gasteiger partial charge in [-0.1, -0.05) is 6.07 Å². The standard InChI is InChI=1S/C14H18FNO3/c15-11-5-3-6-12(18)13(11)14(19)16-8-2-1-4-10(16)7-9-17/h3,5-6,10,17-18H,1-2,4,7-9H2. The van der Waals surface area contributed by atoms with Crippen molar-refractivity contribution < 1.29 is 19.4 Å². The minimum atomic E-state index is -0.710. The molecule has 1 aliphatic heterocycles. The van der Waals surface area contributed by atoms with Crippen molar-refractivity contribution >= 4 is 5.91 Å². The Morgan fingerprint density at radius 3 is 2.89 bits per heavy atom. The van der Waals surface area contributed by atoms with Gasteiger partial charge in [-0.3, -0.25) is 4.79 Å². The van der Waals surface area contributed by atoms with Crippen LogP contribution in [0.15, 0.2) is 18.2 Å². The van der Waals surface area contributed by atoms with E-state index in [1.165, 1.54) is 12.1 Å². The minimum absolute atomic E-state index is 0.00228. The molecule has 0 bridgehead atoms. The number of piperidine rings is 1. The van der Waals surface area contributed by atoms with Gasteiger partial charge in [-0.05, 0) is 37.8 Å². The zero-order chi connectivity index (χ0) is 13.8. The summed E-state index contributed by atoms with van der Waals surface area (Å²) in [7, 11) is 0. The van der Waals surface area contributed by atoms with Crippen LogP contribution in [0.25, 0.3) is 0 Å². The van der Waals surface area contributed by atoms with Crippen LogP contribution < -0.4 is 0 Å². The van der Waals surface area contributed by atoms with E-state index >= 15 is 0 Å². The highest BCUT2D eigenvalue weighted by Gasteiger charge is 2.30. The fourth-order valence-corrected chi connectivity index (χ4v) is 2.59. The van der Waals surface area contributed by atoms with Crippen LogP contribution in [-0.2, 0) is 0 Å². The molecule has 0 saturated carbocycles. The van der Waals surface area contributed by atoms with Gasteiger partial charge < -0.3 is 15.1 Å². The summed E-state index contributed by atoms with van der Waals surface area (Å²) in [6, 6.07) is 3.76. The maximum atomic E-state index is 13.7. The summed E-state index contributed by atoms with van der Waals surface area (Å²) in [5.41, 5.74) is -0.271. The minimum Gasteiger partial charge on any atom is -0.507 e. The average Bonchev–Trinajstić information content (AvgIpc) is 2.39. The van der Waals surface area contributed by atoms with Gasteiger partial charge in [-0.15, -0.1) is 0 Å². The number of phenolic OH excluding ortho intramolecular Hbond substituents is 1. The lowest BCUT2D eigenvalue weighted by Gasteiger charge is -2.35. The van der Waals surface area contributed by atoms with E-state index in [0.29, 0.717) is 13.0 Å². The van der Waals surface area contributed by atoms with Gasteiger partial charge in [0.25, 0.3) is 5.91 Å². The highest BCUT2D eigenvalue weighted by molar-refractivity contribution is 5.97. The quantitative estimate of drug-likeness (QED) is 0.879. The first-order valence-corrected chi connectivity index (χ1v) is 6.54. The zero-order valence-electron chi connectivity index (χ0n) is 10.7. The molecule has 1 amide bonds. The molecule has 19 heavy (non-hydrogen) atoms. The van der Waals surface area contributed by atoms with Crippen LogP contribution in [0.2, 0.25) is 0 Å². The molecular weight excluding hydrogens is 249 g/mol. The molecule has 1 aromatic rings. The molecule has 1 aliphatic rings. The highest BCUT2D eigenvalue weighted by atomic mass is 19.1. The smallest absolute Gasteiger partial charge is 0.260 e. The molecular formula is C14H18FNO3. The van der Waals surface area contributed by atoms with Crippen LogP contribution in [0.4, 0.5) is 4.39 Å². The molecule has 1 saturated heterocycles. The number of nitrogens with zero attached hydrogens (tertiary/aromatic N) is 1. The molecule has 4 nitrogen and oxygen atoms in total. The van der Waals surface area contributed by atoms with Crippen molar-refractivity contribution in [3.8, 4) is 5.75 Å². The molecule has 0 aromatic heterocycles. The number of phenols is 1. The van der Waals surface area contributed by atoms with Crippen molar-refractivity contribution in [1.29, 1.82) is 0 Å². The molecule has 1 aromatic carbocycles. The molecule has 0 spiro atoms. The lowest BCUT2D eigenvalue weighted by molar-refractivity contribution is 0.0567. The first kappa shape index (κ1) is 13.8. The van der Waals surface area contributed by atoms with Gasteiger partial charge in [0.15, 0.2) is 0 Å². The third-order valence-corrected chi connectivity index (χ3v) is 3.56. The summed E-state index contributed by atoms with van der Waals surface area (Å²) < 4.78 is 13.7. The Labute approximate surface area is 111 Å². The first-order chi connectivity index (χ1) is 9.15. The second kappa shape index (κ2) is 6.02. The summed E-state index contributed by atoms with van der Waals surface area (Å²) in [6.45, 7) is 0.537. The van der Waals surface area contributed by atoms with Crippen LogP contribution in [-0.4, -0.2) is 40.2 Å². The molecule has 2 N–H and O–H groups in total. The predicted molar refractivity (Wildman–Crippen MR) is 68.4 cm³/mol. The van der Waals surface area contributed by atoms with Crippen LogP contribution in [0.1, 0.15) is 36.0 Å². The third kappa shape index (κ3) is 2.87. The number of carbonyl (C=O) groups is 1. The molecule has 0 radical (unpaired) electrons. The number of hydrogen-bond donors (Lipinski definition) is 2. The van der Waals surface area contributed by atoms with E-state index in [1.807, 2.05) is 0 Å². The number of rotatable bonds is 3. The van der Waals surface area contributed by atoms with Gasteiger partial charge in [0.05, 0.1) is 0 Å². The van der Waals surface area contributed by atoms with Crippen molar-refractivity contribution in [3.63, 3.8) is 0 Å². The number of hydrogen-bond acceptors (Lipinski definition) is 3. The summed E-state index contributed by atoms with van der Waals surface area (Å²) in [5.74, 6) is -1.54. The number of carbonyl (C=O) groups excluding carboxylic acids is 1. The van der Waals surface area contributed by atoms with E-state index in [-0.39, 0.29) is 24.0 Å². The van der Waals surface area contributed by atoms with Crippen molar-refractivity contribution in [2.75, 3.05) is 13.2 Å². The van der Waals surface area contributed by atoms with E-state index in [2.05, 4.69) is 0 Å². The second-order valence-corrected chi connectivity index (χ2v) is 4.79. The van der Waals surface area contributed by atoms with Gasteiger partial charge in [-0.2, -0.15) is 0 Å². The van der Waals surface area contributed by atoms with E-state index in [9.17, 15) is 14.3 Å². The summed E-state index contributed by atoms with van der Waals surface area (Å²) in [5, 5.41) is 18.7. The predicted octanol–water partition coefficient (Wildman–Crippen LogP) is 1.91. The average molecular weight is 267 g/mol. The Balaban J connectivity index is 2.26. The molecule has 0 aliphatic carbocycles. The second-order valence-electron chi connectivity index (χ2n) is 4.79. The summed E-state index contributed by atoms with van der Waals surface area (Å²) >= 11 is 0. The fraction of sp³-hybridized carbons (Fsp3) is 0.500. The lowest BCUT2D eigenvalue weighted by atomic mass is 9.98. The van der Waals surface area contributed by atoms with Crippen LogP contribution in [0.5, 0.6) is 5.75 Å². The van der Waals surface area contributed by atoms with Gasteiger partial charge in [-0.25, -0.2) is 4.39 Å². The van der Waals surface area contributed by atoms with Gasteiger partial charge in [0, 0.05) is 19.2 Å². The Morgan fingerprint density at radius 1 is 1.42 bits per heavy atom. The molecule has 2 rings (SSSR count). The number of likely N-dealkylation sites (tertiary alicyclic amines) is 1. The molecule has 1 fully saturated rings. The van der Waals surface area contributed by atoms with Gasteiger partial charge >= 0.3 is 0 Å². The molecule has 5 heteroatoms. The van der Waals surface area contributed by atoms with E-state index in [1.54, 1.807) is 4.90 Å². The van der Waals surface area contributed by atoms with Gasteiger partial charge in [0.1, 0.15) is 17.1 Å². The Kier molecular flexibility index (Phi) is 4.37. The number of aromatic hydroxyl groups is 1. The number of amides is 1. The number of benzene rings is 1. The molecule has 1 heterocycles. The van der Waals surface area contributed by atoms with E-state index in [0.717, 1.165) is 25.3 Å². The topological polar surface area (TPSA) is 60.8 Å². The number of aliphatic hydroxyl groups is 1. The molecule has 104 valence electrons. The number of halogens is 1. The van der Waals surface area contributed by atoms with Crippen molar-refractivity contribution in [3.05, 3.63) is 29.6 Å². The maximum Gasteiger partial charge on any atom is 0.260 e. The zero-order valence-corrected chi connectivity index (χ0v) is 10.7. The third-order valence-electron chi connectivity index (χ3n) is 3.56. The molecule has 1 atom stereocenters. The van der Waals surface area contributed by atoms with Crippen LogP contribution >= 0.6 is 0 Å². The summed E-state index contributed by atoms with van der Waals surface area (Å²) in [6.07, 6.45) is 3.16. The monoisotopic (exact) mass is 267 g/mol. The fourth-order valence-electron chi connectivity index (χ4n) is 2.59. The SMILES string of the molecule is O=C(c1c(O)cccc1F)N1CCCCC1CCO. The molecule has 1 unspecified atom stereocenters. The van der Waals surface area contributed by atoms with Crippen molar-refractivity contribution in [2.45, 2.75) is 31.7 Å². The Bertz CT molecular complexity index is 442. The van der Waals surface area contributed by atoms with Crippen LogP contribution in [0.3, 0.4) is 0 Å². The Hall–Kier alpha value is -1.62. The number of aliphatic hydroxyl groups excluding tert-OH is 1. The summed E-state index contributed by atoms with van der Waals surface area (Å²) in [4.78, 5) is 13.9. The van der Waals surface area contributed by atoms with Crippen LogP contribution in [0, 0.1) is 5.82 Å². The van der Waals surface area contributed by atoms with Crippen molar-refractivity contribution in [1.82, 2.24) is 4.90 Å². The van der Waals surface area contributed by atoms with Gasteiger partial charge in [0.2, 0.25) is 0 Å². The van der Waals surface area contributed by atoms with E-state index < -0.39 is 11.7 Å². The maximum absolute atomic E-state index is 13.7. The lowest BCUT2D eigenvalue weighted by Crippen LogP contribution is -2.44. The van der Waals surface area contributed by atoms with Crippen molar-refractivity contribution in [2.24, 2.45) is 0 Å².